The Balaban J connectivity index is 2.20. The van der Waals surface area contributed by atoms with Crippen molar-refractivity contribution < 1.29 is 4.74 Å². The van der Waals surface area contributed by atoms with Crippen LogP contribution in [0.4, 0.5) is 0 Å². The summed E-state index contributed by atoms with van der Waals surface area (Å²) in [7, 11) is 0. The molecule has 0 aliphatic heterocycles. The van der Waals surface area contributed by atoms with E-state index in [1.165, 1.54) is 0 Å². The summed E-state index contributed by atoms with van der Waals surface area (Å²) in [5, 5.41) is 8.50. The van der Waals surface area contributed by atoms with Gasteiger partial charge in [0, 0.05) is 0 Å². The number of ether oxygens (including phenoxy) is 1. The van der Waals surface area contributed by atoms with Gasteiger partial charge in [-0.3, -0.25) is 0 Å². The Hall–Kier alpha value is -0.550. The van der Waals surface area contributed by atoms with Gasteiger partial charge in [0.1, 0.15) is 0 Å². The lowest BCUT2D eigenvalue weighted by molar-refractivity contribution is -0.103. The molecule has 0 aromatic heterocycles. The molecule has 0 bridgehead atoms. The van der Waals surface area contributed by atoms with Crippen LogP contribution in [0.3, 0.4) is 0 Å². The maximum atomic E-state index is 8.50. The van der Waals surface area contributed by atoms with Gasteiger partial charge in [0.25, 0.3) is 0 Å². The third-order valence-corrected chi connectivity index (χ3v) is 1.80. The molecule has 0 atom stereocenters. The summed E-state index contributed by atoms with van der Waals surface area (Å²) in [5.41, 5.74) is -0.0505. The fraction of sp³-hybridized carbons (Fsp3) is 0.889. The van der Waals surface area contributed by atoms with Gasteiger partial charge in [0.05, 0.1) is 23.7 Å². The Morgan fingerprint density at radius 2 is 1.91 bits per heavy atom. The van der Waals surface area contributed by atoms with Gasteiger partial charge in [-0.05, 0) is 33.6 Å². The van der Waals surface area contributed by atoms with Gasteiger partial charge in [-0.2, -0.15) is 5.26 Å². The van der Waals surface area contributed by atoms with Gasteiger partial charge >= 0.3 is 0 Å². The zero-order chi connectivity index (χ0) is 8.48. The third kappa shape index (κ3) is 2.51. The summed E-state index contributed by atoms with van der Waals surface area (Å²) in [6.45, 7) is 6.14. The summed E-state index contributed by atoms with van der Waals surface area (Å²) in [5.74, 6) is 0.252. The molecule has 1 aliphatic rings. The summed E-state index contributed by atoms with van der Waals surface area (Å²) in [6.07, 6.45) is 2.18. The van der Waals surface area contributed by atoms with Crippen LogP contribution in [0.1, 0.15) is 33.6 Å². The zero-order valence-electron chi connectivity index (χ0n) is 7.42. The van der Waals surface area contributed by atoms with Crippen molar-refractivity contribution in [2.24, 2.45) is 5.92 Å². The van der Waals surface area contributed by atoms with Crippen LogP contribution in [0.5, 0.6) is 0 Å². The zero-order valence-corrected chi connectivity index (χ0v) is 7.42. The minimum Gasteiger partial charge on any atom is -0.373 e. The van der Waals surface area contributed by atoms with Crippen LogP contribution in [-0.4, -0.2) is 11.7 Å². The summed E-state index contributed by atoms with van der Waals surface area (Å²) < 4.78 is 5.65. The topological polar surface area (TPSA) is 33.0 Å². The number of rotatable bonds is 1. The first-order valence-corrected chi connectivity index (χ1v) is 4.09. The molecule has 0 N–H and O–H groups in total. The molecule has 1 fully saturated rings. The fourth-order valence-corrected chi connectivity index (χ4v) is 1.27. The van der Waals surface area contributed by atoms with E-state index in [0.29, 0.717) is 6.10 Å². The highest BCUT2D eigenvalue weighted by Gasteiger charge is 2.32. The fourth-order valence-electron chi connectivity index (χ4n) is 1.27. The molecule has 11 heavy (non-hydrogen) atoms. The Labute approximate surface area is 68.2 Å². The summed E-state index contributed by atoms with van der Waals surface area (Å²) in [4.78, 5) is 0. The minimum absolute atomic E-state index is 0.0505. The van der Waals surface area contributed by atoms with Crippen molar-refractivity contribution in [1.82, 2.24) is 0 Å². The smallest absolute Gasteiger partial charge is 0.0657 e. The van der Waals surface area contributed by atoms with E-state index in [4.69, 9.17) is 10.00 Å². The van der Waals surface area contributed by atoms with E-state index in [9.17, 15) is 0 Å². The van der Waals surface area contributed by atoms with Gasteiger partial charge in [-0.25, -0.2) is 0 Å². The van der Waals surface area contributed by atoms with E-state index in [0.717, 1.165) is 12.8 Å². The van der Waals surface area contributed by atoms with Gasteiger partial charge in [0.2, 0.25) is 0 Å². The van der Waals surface area contributed by atoms with Crippen LogP contribution in [0.25, 0.3) is 0 Å². The van der Waals surface area contributed by atoms with Crippen molar-refractivity contribution in [2.75, 3.05) is 0 Å². The molecule has 0 spiro atoms. The lowest BCUT2D eigenvalue weighted by atomic mass is 9.83. The number of nitrogens with zero attached hydrogens (tertiary/aromatic N) is 1. The lowest BCUT2D eigenvalue weighted by Gasteiger charge is -2.36. The van der Waals surface area contributed by atoms with Crippen LogP contribution in [0.2, 0.25) is 0 Å². The maximum absolute atomic E-state index is 8.50. The summed E-state index contributed by atoms with van der Waals surface area (Å²) >= 11 is 0. The molecule has 0 saturated heterocycles. The highest BCUT2D eigenvalue weighted by molar-refractivity contribution is 4.95. The molecule has 62 valence electrons. The van der Waals surface area contributed by atoms with Crippen molar-refractivity contribution in [3.05, 3.63) is 0 Å². The molecule has 1 aliphatic carbocycles. The molecule has 0 aromatic carbocycles. The van der Waals surface area contributed by atoms with Crippen molar-refractivity contribution in [3.8, 4) is 6.07 Å². The van der Waals surface area contributed by atoms with Crippen molar-refractivity contribution in [2.45, 2.75) is 45.3 Å². The highest BCUT2D eigenvalue weighted by atomic mass is 16.5. The molecule has 1 rings (SSSR count). The van der Waals surface area contributed by atoms with Gasteiger partial charge in [0.15, 0.2) is 0 Å². The molecule has 0 heterocycles. The van der Waals surface area contributed by atoms with Crippen molar-refractivity contribution in [3.63, 3.8) is 0 Å². The molecular weight excluding hydrogens is 138 g/mol. The average Bonchev–Trinajstić information content (AvgIpc) is 1.75. The van der Waals surface area contributed by atoms with Crippen LogP contribution in [0.15, 0.2) is 0 Å². The quantitative estimate of drug-likeness (QED) is 0.578. The molecule has 0 unspecified atom stereocenters. The predicted molar refractivity (Wildman–Crippen MR) is 43.0 cm³/mol. The monoisotopic (exact) mass is 153 g/mol. The van der Waals surface area contributed by atoms with E-state index in [-0.39, 0.29) is 11.5 Å². The molecule has 2 nitrogen and oxygen atoms in total. The van der Waals surface area contributed by atoms with Crippen molar-refractivity contribution in [1.29, 1.82) is 5.26 Å². The number of hydrogen-bond donors (Lipinski definition) is 0. The second-order valence-corrected chi connectivity index (χ2v) is 4.15. The second-order valence-electron chi connectivity index (χ2n) is 4.15. The molecule has 1 saturated carbocycles. The standard InChI is InChI=1S/C9H15NO/c1-9(2,3)11-8-4-7(5-8)6-10/h7-8H,4-5H2,1-3H3. The molecular formula is C9H15NO. The molecule has 2 heteroatoms. The van der Waals surface area contributed by atoms with E-state index in [2.05, 4.69) is 6.07 Å². The van der Waals surface area contributed by atoms with Crippen LogP contribution in [0, 0.1) is 17.2 Å². The van der Waals surface area contributed by atoms with Crippen LogP contribution in [-0.2, 0) is 4.74 Å². The Morgan fingerprint density at radius 3 is 2.27 bits per heavy atom. The van der Waals surface area contributed by atoms with E-state index in [1.54, 1.807) is 0 Å². The second kappa shape index (κ2) is 2.83. The third-order valence-electron chi connectivity index (χ3n) is 1.80. The largest absolute Gasteiger partial charge is 0.373 e. The first-order valence-electron chi connectivity index (χ1n) is 4.09. The normalized spacial score (nSPS) is 30.7. The van der Waals surface area contributed by atoms with Crippen LogP contribution < -0.4 is 0 Å². The van der Waals surface area contributed by atoms with Gasteiger partial charge in [-0.15, -0.1) is 0 Å². The minimum atomic E-state index is -0.0505. The van der Waals surface area contributed by atoms with E-state index >= 15 is 0 Å². The molecule has 0 radical (unpaired) electrons. The number of nitriles is 1. The first-order chi connectivity index (χ1) is 5.01. The SMILES string of the molecule is CC(C)(C)OC1CC(C#N)C1. The van der Waals surface area contributed by atoms with Crippen molar-refractivity contribution >= 4 is 0 Å². The lowest BCUT2D eigenvalue weighted by Crippen LogP contribution is -2.36. The Kier molecular flexibility index (Phi) is 2.20. The van der Waals surface area contributed by atoms with Gasteiger partial charge in [-0.1, -0.05) is 0 Å². The Morgan fingerprint density at radius 1 is 1.36 bits per heavy atom. The van der Waals surface area contributed by atoms with E-state index in [1.807, 2.05) is 20.8 Å². The van der Waals surface area contributed by atoms with Crippen LogP contribution >= 0.6 is 0 Å². The molecule has 0 aromatic rings. The first kappa shape index (κ1) is 8.55. The summed E-state index contributed by atoms with van der Waals surface area (Å²) in [6, 6.07) is 2.24. The predicted octanol–water partition coefficient (Wildman–Crippen LogP) is 2.10. The Bertz CT molecular complexity index is 169. The average molecular weight is 153 g/mol. The van der Waals surface area contributed by atoms with Gasteiger partial charge < -0.3 is 4.74 Å². The molecule has 0 amide bonds. The number of hydrogen-bond acceptors (Lipinski definition) is 2. The van der Waals surface area contributed by atoms with E-state index < -0.39 is 0 Å². The highest BCUT2D eigenvalue weighted by Crippen LogP contribution is 2.32. The maximum Gasteiger partial charge on any atom is 0.0657 e.